The average Bonchev–Trinajstić information content (AvgIpc) is 3.49. The minimum Gasteiger partial charge on any atom is -0.462 e. The molecule has 0 aliphatic heterocycles. The van der Waals surface area contributed by atoms with Crippen molar-refractivity contribution in [3.05, 3.63) is 109 Å². The van der Waals surface area contributed by atoms with E-state index in [1.165, 1.54) is 167 Å². The fourth-order valence-electron chi connectivity index (χ4n) is 10.1. The van der Waals surface area contributed by atoms with Gasteiger partial charge in [0.05, 0.1) is 0 Å². The van der Waals surface area contributed by atoms with Crippen LogP contribution < -0.4 is 0 Å². The maximum atomic E-state index is 13.0. The molecule has 476 valence electrons. The third kappa shape index (κ3) is 68.7. The summed E-state index contributed by atoms with van der Waals surface area (Å²) in [5, 5.41) is 0. The Hall–Kier alpha value is -3.93. The fraction of sp³-hybridized carbons (Fsp3) is 0.727. The Balaban J connectivity index is 4.28. The lowest BCUT2D eigenvalue weighted by molar-refractivity contribution is -0.167. The van der Waals surface area contributed by atoms with Crippen LogP contribution in [0.3, 0.4) is 0 Å². The Bertz CT molecular complexity index is 1660. The molecular formula is C77H132O6. The van der Waals surface area contributed by atoms with Crippen LogP contribution in [0.15, 0.2) is 109 Å². The molecule has 0 bridgehead atoms. The quantitative estimate of drug-likeness (QED) is 0.0261. The summed E-state index contributed by atoms with van der Waals surface area (Å²) in [4.78, 5) is 38.4. The molecule has 0 aliphatic carbocycles. The molecule has 0 aromatic rings. The molecule has 0 spiro atoms. The number of ether oxygens (including phenoxy) is 3. The highest BCUT2D eigenvalue weighted by Gasteiger charge is 2.19. The van der Waals surface area contributed by atoms with E-state index in [9.17, 15) is 14.4 Å². The van der Waals surface area contributed by atoms with Crippen molar-refractivity contribution < 1.29 is 28.6 Å². The van der Waals surface area contributed by atoms with Crippen molar-refractivity contribution in [3.8, 4) is 0 Å². The van der Waals surface area contributed by atoms with E-state index in [-0.39, 0.29) is 31.1 Å². The van der Waals surface area contributed by atoms with Crippen LogP contribution in [-0.2, 0) is 28.6 Å². The maximum Gasteiger partial charge on any atom is 0.306 e. The molecule has 0 radical (unpaired) electrons. The first kappa shape index (κ1) is 79.1. The van der Waals surface area contributed by atoms with E-state index in [1.807, 2.05) is 0 Å². The lowest BCUT2D eigenvalue weighted by Gasteiger charge is -2.18. The standard InChI is InChI=1S/C77H132O6/c1-4-7-10-13-16-19-22-25-28-30-32-33-34-35-36-37-38-39-40-41-42-43-45-46-49-52-55-58-61-64-67-70-76(79)82-73-74(72-81-75(78)69-66-63-60-57-54-51-48-27-24-21-18-15-12-9-6-3)83-77(80)71-68-65-62-59-56-53-50-47-44-31-29-26-23-20-17-14-11-8-5-2/h7,9-10,12,16,18-19,21,25,27-28,32-33,35-36,38-39,48,74H,4-6,8,11,13-15,17,20,22-24,26,29-31,34,37,40-47,49-73H2,1-3H3/b10-7-,12-9-,19-16-,21-18-,28-25-,33-32-,36-35-,39-38-,48-27-. The second-order valence-electron chi connectivity index (χ2n) is 23.4. The molecule has 1 unspecified atom stereocenters. The Morgan fingerprint density at radius 3 is 0.735 bits per heavy atom. The molecule has 0 N–H and O–H groups in total. The number of unbranched alkanes of at least 4 members (excludes halogenated alkanes) is 35. The summed E-state index contributed by atoms with van der Waals surface area (Å²) >= 11 is 0. The van der Waals surface area contributed by atoms with Gasteiger partial charge in [0.25, 0.3) is 0 Å². The monoisotopic (exact) mass is 1150 g/mol. The van der Waals surface area contributed by atoms with Crippen LogP contribution in [-0.4, -0.2) is 37.2 Å². The Morgan fingerprint density at radius 2 is 0.470 bits per heavy atom. The van der Waals surface area contributed by atoms with Gasteiger partial charge in [0.2, 0.25) is 0 Å². The van der Waals surface area contributed by atoms with Gasteiger partial charge in [-0.05, 0) is 103 Å². The van der Waals surface area contributed by atoms with Gasteiger partial charge in [0.1, 0.15) is 13.2 Å². The Labute approximate surface area is 514 Å². The summed E-state index contributed by atoms with van der Waals surface area (Å²) in [5.74, 6) is -0.884. The minimum absolute atomic E-state index is 0.0818. The smallest absolute Gasteiger partial charge is 0.306 e. The van der Waals surface area contributed by atoms with Crippen molar-refractivity contribution in [1.29, 1.82) is 0 Å². The summed E-state index contributed by atoms with van der Waals surface area (Å²) in [6.07, 6.45) is 96.9. The lowest BCUT2D eigenvalue weighted by atomic mass is 10.0. The van der Waals surface area contributed by atoms with E-state index in [2.05, 4.69) is 130 Å². The number of allylic oxidation sites excluding steroid dienone is 18. The van der Waals surface area contributed by atoms with Crippen molar-refractivity contribution in [3.63, 3.8) is 0 Å². The molecule has 0 rings (SSSR count). The predicted octanol–water partition coefficient (Wildman–Crippen LogP) is 24.6. The third-order valence-electron chi connectivity index (χ3n) is 15.3. The average molecular weight is 1150 g/mol. The summed E-state index contributed by atoms with van der Waals surface area (Å²) in [6, 6.07) is 0. The predicted molar refractivity (Wildman–Crippen MR) is 362 cm³/mol. The van der Waals surface area contributed by atoms with Crippen LogP contribution in [0.1, 0.15) is 342 Å². The molecule has 0 saturated carbocycles. The summed E-state index contributed by atoms with van der Waals surface area (Å²) in [5.41, 5.74) is 0. The molecular weight excluding hydrogens is 1020 g/mol. The summed E-state index contributed by atoms with van der Waals surface area (Å²) < 4.78 is 17.0. The molecule has 6 heteroatoms. The van der Waals surface area contributed by atoms with Crippen molar-refractivity contribution in [1.82, 2.24) is 0 Å². The molecule has 0 aromatic heterocycles. The van der Waals surface area contributed by atoms with E-state index >= 15 is 0 Å². The van der Waals surface area contributed by atoms with Crippen molar-refractivity contribution >= 4 is 17.9 Å². The van der Waals surface area contributed by atoms with Crippen LogP contribution in [0, 0.1) is 0 Å². The summed E-state index contributed by atoms with van der Waals surface area (Å²) in [7, 11) is 0. The number of rotatable bonds is 64. The van der Waals surface area contributed by atoms with Gasteiger partial charge >= 0.3 is 17.9 Å². The first-order valence-electron chi connectivity index (χ1n) is 35.4. The first-order chi connectivity index (χ1) is 41.0. The zero-order chi connectivity index (χ0) is 59.9. The molecule has 83 heavy (non-hydrogen) atoms. The Kier molecular flexibility index (Phi) is 67.2. The van der Waals surface area contributed by atoms with E-state index < -0.39 is 6.10 Å². The molecule has 0 fully saturated rings. The van der Waals surface area contributed by atoms with Crippen molar-refractivity contribution in [2.24, 2.45) is 0 Å². The zero-order valence-corrected chi connectivity index (χ0v) is 54.7. The molecule has 0 aliphatic rings. The number of hydrogen-bond donors (Lipinski definition) is 0. The molecule has 0 saturated heterocycles. The van der Waals surface area contributed by atoms with Crippen LogP contribution >= 0.6 is 0 Å². The first-order valence-corrected chi connectivity index (χ1v) is 35.4. The maximum absolute atomic E-state index is 13.0. The number of carbonyl (C=O) groups excluding carboxylic acids is 3. The van der Waals surface area contributed by atoms with Gasteiger partial charge in [0, 0.05) is 19.3 Å². The van der Waals surface area contributed by atoms with Crippen LogP contribution in [0.25, 0.3) is 0 Å². The topological polar surface area (TPSA) is 78.9 Å². The number of hydrogen-bond acceptors (Lipinski definition) is 6. The van der Waals surface area contributed by atoms with Gasteiger partial charge in [0.15, 0.2) is 6.10 Å². The van der Waals surface area contributed by atoms with Crippen LogP contribution in [0.4, 0.5) is 0 Å². The number of esters is 3. The highest BCUT2D eigenvalue weighted by Crippen LogP contribution is 2.18. The van der Waals surface area contributed by atoms with Gasteiger partial charge in [-0.2, -0.15) is 0 Å². The molecule has 1 atom stereocenters. The normalized spacial score (nSPS) is 12.8. The SMILES string of the molecule is CC/C=C\C/C=C\C/C=C\C/C=C\C/C=C\C/C=C\CCCCCCCCCCCCCCC(=O)OCC(COC(=O)CCCCCCC/C=C\C/C=C\C/C=C\CC)OC(=O)CCCCCCCCCCCCCCCCCCCCC. The van der Waals surface area contributed by atoms with E-state index in [0.717, 1.165) is 135 Å². The van der Waals surface area contributed by atoms with E-state index in [0.29, 0.717) is 19.3 Å². The second kappa shape index (κ2) is 70.6. The van der Waals surface area contributed by atoms with E-state index in [1.54, 1.807) is 0 Å². The zero-order valence-electron chi connectivity index (χ0n) is 54.7. The Morgan fingerprint density at radius 1 is 0.253 bits per heavy atom. The van der Waals surface area contributed by atoms with Crippen LogP contribution in [0.2, 0.25) is 0 Å². The summed E-state index contributed by atoms with van der Waals surface area (Å²) in [6.45, 7) is 6.44. The third-order valence-corrected chi connectivity index (χ3v) is 15.3. The van der Waals surface area contributed by atoms with Gasteiger partial charge in [-0.25, -0.2) is 0 Å². The van der Waals surface area contributed by atoms with E-state index in [4.69, 9.17) is 14.2 Å². The molecule has 0 amide bonds. The lowest BCUT2D eigenvalue weighted by Crippen LogP contribution is -2.30. The van der Waals surface area contributed by atoms with Gasteiger partial charge in [-0.15, -0.1) is 0 Å². The van der Waals surface area contributed by atoms with Crippen molar-refractivity contribution in [2.75, 3.05) is 13.2 Å². The van der Waals surface area contributed by atoms with Gasteiger partial charge < -0.3 is 14.2 Å². The van der Waals surface area contributed by atoms with Crippen LogP contribution in [0.5, 0.6) is 0 Å². The molecule has 0 aromatic carbocycles. The van der Waals surface area contributed by atoms with Crippen molar-refractivity contribution in [2.45, 2.75) is 348 Å². The number of carbonyl (C=O) groups is 3. The van der Waals surface area contributed by atoms with Gasteiger partial charge in [-0.3, -0.25) is 14.4 Å². The minimum atomic E-state index is -0.787. The molecule has 0 heterocycles. The highest BCUT2D eigenvalue weighted by atomic mass is 16.6. The highest BCUT2D eigenvalue weighted by molar-refractivity contribution is 5.71. The largest absolute Gasteiger partial charge is 0.462 e. The fourth-order valence-corrected chi connectivity index (χ4v) is 10.1. The van der Waals surface area contributed by atoms with Gasteiger partial charge in [-0.1, -0.05) is 329 Å². The molecule has 6 nitrogen and oxygen atoms in total. The second-order valence-corrected chi connectivity index (χ2v) is 23.4.